The van der Waals surface area contributed by atoms with Crippen LogP contribution in [0.3, 0.4) is 0 Å². The van der Waals surface area contributed by atoms with E-state index >= 15 is 0 Å². The van der Waals surface area contributed by atoms with Gasteiger partial charge in [0.05, 0.1) is 0 Å². The molecule has 2 fully saturated rings. The number of halogens is 1. The fourth-order valence-corrected chi connectivity index (χ4v) is 2.65. The Labute approximate surface area is 121 Å². The molecule has 2 aliphatic rings. The van der Waals surface area contributed by atoms with Gasteiger partial charge in [-0.05, 0) is 64.2 Å². The van der Waals surface area contributed by atoms with Gasteiger partial charge in [-0.2, -0.15) is 0 Å². The Balaban J connectivity index is 0.000000229. The maximum Gasteiger partial charge on any atom is -0.0312 e. The summed E-state index contributed by atoms with van der Waals surface area (Å²) in [6, 6.07) is 0. The first-order valence-electron chi connectivity index (χ1n) is 5.43. The summed E-state index contributed by atoms with van der Waals surface area (Å²) in [6.07, 6.45) is 20.0. The maximum absolute atomic E-state index is 5.47. The van der Waals surface area contributed by atoms with Gasteiger partial charge < -0.3 is 0 Å². The van der Waals surface area contributed by atoms with E-state index in [2.05, 4.69) is 24.1 Å². The first kappa shape index (κ1) is 17.8. The Morgan fingerprint density at radius 3 is 1.00 bits per heavy atom. The SMILES string of the molecule is CC(C)(C)[N]=[Nb][Cl].[CH]1[CH][CH][CH][CH]1.[CH]1[CH][CH][CH][CH]1. The van der Waals surface area contributed by atoms with Crippen LogP contribution in [-0.4, -0.2) is 5.54 Å². The molecular weight excluding hydrogens is 311 g/mol. The van der Waals surface area contributed by atoms with Gasteiger partial charge in [-0.15, -0.1) is 0 Å². The third-order valence-corrected chi connectivity index (χ3v) is 3.56. The van der Waals surface area contributed by atoms with Crippen LogP contribution in [0.4, 0.5) is 0 Å². The van der Waals surface area contributed by atoms with Crippen molar-refractivity contribution in [1.82, 2.24) is 0 Å². The molecule has 0 N–H and O–H groups in total. The van der Waals surface area contributed by atoms with E-state index in [4.69, 9.17) is 9.19 Å². The van der Waals surface area contributed by atoms with E-state index in [9.17, 15) is 0 Å². The molecule has 1 nitrogen and oxygen atoms in total. The zero-order valence-corrected chi connectivity index (χ0v) is 13.5. The number of nitrogens with zero attached hydrogens (tertiary/aromatic N) is 1. The van der Waals surface area contributed by atoms with Crippen molar-refractivity contribution in [3.63, 3.8) is 0 Å². The average Bonchev–Trinajstić information content (AvgIpc) is 2.96. The average molecular weight is 330 g/mol. The van der Waals surface area contributed by atoms with E-state index in [1.165, 1.54) is 0 Å². The third-order valence-electron chi connectivity index (χ3n) is 1.45. The van der Waals surface area contributed by atoms with Crippen molar-refractivity contribution in [3.05, 3.63) is 64.2 Å². The molecule has 0 aliphatic heterocycles. The summed E-state index contributed by atoms with van der Waals surface area (Å²) in [6.45, 7) is 6.18. The summed E-state index contributed by atoms with van der Waals surface area (Å²) in [4.78, 5) is 0. The van der Waals surface area contributed by atoms with Gasteiger partial charge in [-0.1, -0.05) is 0 Å². The fourth-order valence-electron chi connectivity index (χ4n) is 0.755. The molecule has 0 unspecified atom stereocenters. The Morgan fingerprint density at radius 2 is 0.941 bits per heavy atom. The Kier molecular flexibility index (Phi) is 12.5. The van der Waals surface area contributed by atoms with Crippen LogP contribution in [0.15, 0.2) is 3.34 Å². The molecule has 2 rings (SSSR count). The van der Waals surface area contributed by atoms with Crippen molar-refractivity contribution in [2.24, 2.45) is 3.34 Å². The third kappa shape index (κ3) is 16.8. The van der Waals surface area contributed by atoms with Gasteiger partial charge in [0, 0.05) is 0 Å². The predicted molar refractivity (Wildman–Crippen MR) is 71.0 cm³/mol. The summed E-state index contributed by atoms with van der Waals surface area (Å²) in [5.41, 5.74) is 0.110. The molecule has 92 valence electrons. The molecule has 0 amide bonds. The molecule has 17 heavy (non-hydrogen) atoms. The van der Waals surface area contributed by atoms with E-state index < -0.39 is 18.5 Å². The van der Waals surface area contributed by atoms with Gasteiger partial charge in [0.1, 0.15) is 0 Å². The molecule has 0 bridgehead atoms. The Bertz CT molecular complexity index is 154. The number of hydrogen-bond donors (Lipinski definition) is 0. The van der Waals surface area contributed by atoms with Crippen LogP contribution in [-0.2, 0) is 18.5 Å². The molecule has 0 saturated heterocycles. The van der Waals surface area contributed by atoms with Gasteiger partial charge in [0.2, 0.25) is 0 Å². The molecule has 3 heteroatoms. The van der Waals surface area contributed by atoms with Crippen molar-refractivity contribution in [2.45, 2.75) is 26.3 Å². The summed E-state index contributed by atoms with van der Waals surface area (Å²) < 4.78 is 4.17. The van der Waals surface area contributed by atoms with Gasteiger partial charge in [-0.25, -0.2) is 0 Å². The van der Waals surface area contributed by atoms with Crippen molar-refractivity contribution in [2.75, 3.05) is 0 Å². The molecular formula is C14H19ClNNb. The molecule has 0 aromatic heterocycles. The normalized spacial score (nSPS) is 19.5. The quantitative estimate of drug-likeness (QED) is 0.589. The minimum absolute atomic E-state index is 0.110. The second kappa shape index (κ2) is 11.9. The maximum atomic E-state index is 5.47. The van der Waals surface area contributed by atoms with Crippen LogP contribution < -0.4 is 0 Å². The summed E-state index contributed by atoms with van der Waals surface area (Å²) in [5, 5.41) is 0. The minimum atomic E-state index is -0.673. The van der Waals surface area contributed by atoms with Crippen LogP contribution in [0.1, 0.15) is 20.8 Å². The standard InChI is InChI=1S/2C5H5.C4H9N.ClH.Nb/c2*1-2-4-5-3-1;1-4(2,3)5;;/h2*1-5H;1-3H3;1H;/q;;;;+1/p-1. The van der Waals surface area contributed by atoms with E-state index in [0.29, 0.717) is 0 Å². The van der Waals surface area contributed by atoms with E-state index in [1.807, 2.05) is 64.2 Å². The smallest absolute Gasteiger partial charge is 0.0312 e. The summed E-state index contributed by atoms with van der Waals surface area (Å²) >= 11 is -0.673. The van der Waals surface area contributed by atoms with Crippen LogP contribution in [0.2, 0.25) is 0 Å². The number of rotatable bonds is 0. The Hall–Kier alpha value is 0.830. The van der Waals surface area contributed by atoms with E-state index in [-0.39, 0.29) is 5.54 Å². The fraction of sp³-hybridized carbons (Fsp3) is 0.286. The van der Waals surface area contributed by atoms with Crippen LogP contribution >= 0.6 is 9.19 Å². The monoisotopic (exact) mass is 329 g/mol. The first-order chi connectivity index (χ1) is 8.06. The van der Waals surface area contributed by atoms with Crippen molar-refractivity contribution < 1.29 is 18.5 Å². The van der Waals surface area contributed by atoms with Gasteiger partial charge >= 0.3 is 57.3 Å². The molecule has 2 saturated carbocycles. The molecule has 10 radical (unpaired) electrons. The van der Waals surface area contributed by atoms with Crippen LogP contribution in [0.5, 0.6) is 0 Å². The molecule has 0 aromatic rings. The van der Waals surface area contributed by atoms with E-state index in [0.717, 1.165) is 0 Å². The van der Waals surface area contributed by atoms with Crippen molar-refractivity contribution in [1.29, 1.82) is 0 Å². The van der Waals surface area contributed by atoms with Crippen LogP contribution in [0, 0.1) is 64.2 Å². The van der Waals surface area contributed by atoms with Gasteiger partial charge in [-0.3, -0.25) is 0 Å². The van der Waals surface area contributed by atoms with Gasteiger partial charge in [0.15, 0.2) is 0 Å². The van der Waals surface area contributed by atoms with Crippen molar-refractivity contribution in [3.8, 4) is 0 Å². The first-order valence-corrected chi connectivity index (χ1v) is 9.24. The molecule has 2 aliphatic carbocycles. The summed E-state index contributed by atoms with van der Waals surface area (Å²) in [5.74, 6) is 0. The van der Waals surface area contributed by atoms with Gasteiger partial charge in [0.25, 0.3) is 0 Å². The molecule has 0 atom stereocenters. The second-order valence-corrected chi connectivity index (χ2v) is 6.03. The minimum Gasteiger partial charge on any atom is -0.0312 e. The second-order valence-electron chi connectivity index (χ2n) is 4.27. The number of hydrogen-bond acceptors (Lipinski definition) is 1. The van der Waals surface area contributed by atoms with E-state index in [1.54, 1.807) is 0 Å². The molecule has 0 heterocycles. The summed E-state index contributed by atoms with van der Waals surface area (Å²) in [7, 11) is 5.47. The topological polar surface area (TPSA) is 12.4 Å². The molecule has 0 aromatic carbocycles. The van der Waals surface area contributed by atoms with Crippen molar-refractivity contribution >= 4 is 9.19 Å². The zero-order chi connectivity index (χ0) is 13.0. The Morgan fingerprint density at radius 1 is 0.706 bits per heavy atom. The molecule has 0 spiro atoms. The largest absolute Gasteiger partial charge is 0.0312 e. The van der Waals surface area contributed by atoms with Crippen LogP contribution in [0.25, 0.3) is 0 Å². The predicted octanol–water partition coefficient (Wildman–Crippen LogP) is 4.25. The zero-order valence-electron chi connectivity index (χ0n) is 10.5.